The van der Waals surface area contributed by atoms with E-state index in [0.29, 0.717) is 23.9 Å². The summed E-state index contributed by atoms with van der Waals surface area (Å²) < 4.78 is 37.5. The molecule has 0 spiro atoms. The molecule has 30 heavy (non-hydrogen) atoms. The van der Waals surface area contributed by atoms with Gasteiger partial charge in [-0.3, -0.25) is 4.79 Å². The average molecular weight is 469 g/mol. The third-order valence-corrected chi connectivity index (χ3v) is 7.47. The maximum Gasteiger partial charge on any atom is 0.284 e. The number of carbonyl (C=O) groups excluding carboxylic acids is 1. The third-order valence-electron chi connectivity index (χ3n) is 4.50. The lowest BCUT2D eigenvalue weighted by Crippen LogP contribution is -2.50. The number of carbonyl (C=O) groups is 1. The quantitative estimate of drug-likeness (QED) is 0.508. The van der Waals surface area contributed by atoms with Crippen molar-refractivity contribution in [3.63, 3.8) is 0 Å². The minimum Gasteiger partial charge on any atom is -0.459 e. The molecule has 3 aromatic rings. The molecule has 1 aromatic carbocycles. The van der Waals surface area contributed by atoms with Crippen LogP contribution in [0.15, 0.2) is 61.6 Å². The van der Waals surface area contributed by atoms with Gasteiger partial charge in [-0.05, 0) is 36.4 Å². The van der Waals surface area contributed by atoms with Crippen LogP contribution >= 0.6 is 23.4 Å². The van der Waals surface area contributed by atoms with Gasteiger partial charge in [0, 0.05) is 31.2 Å². The van der Waals surface area contributed by atoms with E-state index in [0.717, 1.165) is 11.8 Å². The van der Waals surface area contributed by atoms with Crippen molar-refractivity contribution in [2.75, 3.05) is 31.9 Å². The first-order valence-electron chi connectivity index (χ1n) is 8.97. The summed E-state index contributed by atoms with van der Waals surface area (Å²) in [6, 6.07) is 9.45. The SMILES string of the molecule is O=C(CSc1nnc(-c2ccco2)o1)N1CCN(S(=O)(=O)c2ccc(Cl)cc2)CC1. The highest BCUT2D eigenvalue weighted by Gasteiger charge is 2.30. The van der Waals surface area contributed by atoms with Gasteiger partial charge >= 0.3 is 0 Å². The monoisotopic (exact) mass is 468 g/mol. The Morgan fingerprint density at radius 3 is 2.50 bits per heavy atom. The van der Waals surface area contributed by atoms with Crippen molar-refractivity contribution >= 4 is 39.3 Å². The van der Waals surface area contributed by atoms with E-state index in [1.807, 2.05) is 0 Å². The van der Waals surface area contributed by atoms with Crippen LogP contribution in [-0.2, 0) is 14.8 Å². The van der Waals surface area contributed by atoms with Gasteiger partial charge in [0.05, 0.1) is 16.9 Å². The molecule has 0 aliphatic carbocycles. The number of halogens is 1. The normalized spacial score (nSPS) is 15.4. The number of thioether (sulfide) groups is 1. The second-order valence-electron chi connectivity index (χ2n) is 6.38. The van der Waals surface area contributed by atoms with Crippen molar-refractivity contribution in [1.82, 2.24) is 19.4 Å². The molecule has 0 N–H and O–H groups in total. The number of hydrogen-bond acceptors (Lipinski definition) is 8. The van der Waals surface area contributed by atoms with Crippen LogP contribution in [0.2, 0.25) is 5.02 Å². The van der Waals surface area contributed by atoms with Crippen molar-refractivity contribution in [3.8, 4) is 11.7 Å². The predicted molar refractivity (Wildman–Crippen MR) is 110 cm³/mol. The number of furan rings is 1. The largest absolute Gasteiger partial charge is 0.459 e. The predicted octanol–water partition coefficient (Wildman–Crippen LogP) is 2.61. The van der Waals surface area contributed by atoms with Gasteiger partial charge < -0.3 is 13.7 Å². The van der Waals surface area contributed by atoms with Crippen LogP contribution < -0.4 is 0 Å². The Morgan fingerprint density at radius 1 is 1.10 bits per heavy atom. The summed E-state index contributed by atoms with van der Waals surface area (Å²) >= 11 is 6.96. The summed E-state index contributed by atoms with van der Waals surface area (Å²) in [5.41, 5.74) is 0. The van der Waals surface area contributed by atoms with Gasteiger partial charge in [0.25, 0.3) is 11.1 Å². The van der Waals surface area contributed by atoms with Crippen LogP contribution in [0.5, 0.6) is 0 Å². The molecule has 1 fully saturated rings. The molecule has 1 amide bonds. The molecule has 3 heterocycles. The topological polar surface area (TPSA) is 110 Å². The summed E-state index contributed by atoms with van der Waals surface area (Å²) in [7, 11) is -3.61. The van der Waals surface area contributed by atoms with Crippen LogP contribution in [0.25, 0.3) is 11.7 Å². The Balaban J connectivity index is 1.29. The molecule has 4 rings (SSSR count). The molecule has 0 atom stereocenters. The van der Waals surface area contributed by atoms with Crippen molar-refractivity contribution < 1.29 is 22.0 Å². The number of sulfonamides is 1. The number of piperazine rings is 1. The maximum atomic E-state index is 12.7. The van der Waals surface area contributed by atoms with E-state index in [4.69, 9.17) is 20.4 Å². The fourth-order valence-corrected chi connectivity index (χ4v) is 5.13. The minimum atomic E-state index is -3.61. The zero-order valence-corrected chi connectivity index (χ0v) is 18.0. The Kier molecular flexibility index (Phi) is 6.14. The van der Waals surface area contributed by atoms with Gasteiger partial charge in [-0.2, -0.15) is 4.31 Å². The highest BCUT2D eigenvalue weighted by molar-refractivity contribution is 7.99. The fraction of sp³-hybridized carbons (Fsp3) is 0.278. The standard InChI is InChI=1S/C18H17ClN4O5S2/c19-13-3-5-14(6-4-13)30(25,26)23-9-7-22(8-10-23)16(24)12-29-18-21-20-17(28-18)15-2-1-11-27-15/h1-6,11H,7-10,12H2. The van der Waals surface area contributed by atoms with Gasteiger partial charge in [0.1, 0.15) is 0 Å². The molecular weight excluding hydrogens is 452 g/mol. The van der Waals surface area contributed by atoms with Crippen LogP contribution in [0.3, 0.4) is 0 Å². The number of nitrogens with zero attached hydrogens (tertiary/aromatic N) is 4. The molecule has 158 valence electrons. The van der Waals surface area contributed by atoms with E-state index in [1.54, 1.807) is 29.2 Å². The van der Waals surface area contributed by atoms with Gasteiger partial charge in [0.2, 0.25) is 15.9 Å². The molecule has 1 aliphatic rings. The van der Waals surface area contributed by atoms with Crippen LogP contribution in [0.4, 0.5) is 0 Å². The van der Waals surface area contributed by atoms with E-state index >= 15 is 0 Å². The Labute approximate surface area is 182 Å². The summed E-state index contributed by atoms with van der Waals surface area (Å²) in [6.07, 6.45) is 1.50. The van der Waals surface area contributed by atoms with Crippen LogP contribution in [-0.4, -0.2) is 65.7 Å². The summed E-state index contributed by atoms with van der Waals surface area (Å²) in [4.78, 5) is 14.3. The first kappa shape index (κ1) is 20.9. The van der Waals surface area contributed by atoms with Crippen molar-refractivity contribution in [2.45, 2.75) is 10.1 Å². The van der Waals surface area contributed by atoms with Gasteiger partial charge in [-0.25, -0.2) is 8.42 Å². The maximum absolute atomic E-state index is 12.7. The number of benzene rings is 1. The van der Waals surface area contributed by atoms with Gasteiger partial charge in [-0.15, -0.1) is 10.2 Å². The lowest BCUT2D eigenvalue weighted by Gasteiger charge is -2.33. The first-order chi connectivity index (χ1) is 14.4. The second-order valence-corrected chi connectivity index (χ2v) is 9.68. The van der Waals surface area contributed by atoms with Crippen molar-refractivity contribution in [1.29, 1.82) is 0 Å². The van der Waals surface area contributed by atoms with E-state index in [2.05, 4.69) is 10.2 Å². The molecule has 1 saturated heterocycles. The highest BCUT2D eigenvalue weighted by atomic mass is 35.5. The zero-order valence-electron chi connectivity index (χ0n) is 15.6. The minimum absolute atomic E-state index is 0.115. The molecule has 0 unspecified atom stereocenters. The average Bonchev–Trinajstić information content (AvgIpc) is 3.44. The zero-order chi connectivity index (χ0) is 21.1. The molecule has 1 aliphatic heterocycles. The summed E-state index contributed by atoms with van der Waals surface area (Å²) in [5.74, 6) is 0.694. The van der Waals surface area contributed by atoms with Crippen LogP contribution in [0.1, 0.15) is 0 Å². The van der Waals surface area contributed by atoms with Crippen LogP contribution in [0, 0.1) is 0 Å². The number of aromatic nitrogens is 2. The number of hydrogen-bond donors (Lipinski definition) is 0. The lowest BCUT2D eigenvalue weighted by molar-refractivity contribution is -0.129. The van der Waals surface area contributed by atoms with Crippen molar-refractivity contribution in [2.24, 2.45) is 0 Å². The van der Waals surface area contributed by atoms with E-state index < -0.39 is 10.0 Å². The highest BCUT2D eigenvalue weighted by Crippen LogP contribution is 2.24. The molecule has 0 radical (unpaired) electrons. The molecular formula is C18H17ClN4O5S2. The fourth-order valence-electron chi connectivity index (χ4n) is 2.92. The second kappa shape index (κ2) is 8.80. The summed E-state index contributed by atoms with van der Waals surface area (Å²) in [5, 5.41) is 8.51. The van der Waals surface area contributed by atoms with E-state index in [1.165, 1.54) is 22.7 Å². The first-order valence-corrected chi connectivity index (χ1v) is 11.8. The molecule has 12 heteroatoms. The van der Waals surface area contributed by atoms with E-state index in [9.17, 15) is 13.2 Å². The third kappa shape index (κ3) is 4.53. The van der Waals surface area contributed by atoms with Gasteiger partial charge in [0.15, 0.2) is 5.76 Å². The van der Waals surface area contributed by atoms with Crippen molar-refractivity contribution in [3.05, 3.63) is 47.7 Å². The smallest absolute Gasteiger partial charge is 0.284 e. The summed E-state index contributed by atoms with van der Waals surface area (Å²) in [6.45, 7) is 1.08. The molecule has 9 nitrogen and oxygen atoms in total. The van der Waals surface area contributed by atoms with E-state index in [-0.39, 0.29) is 40.8 Å². The van der Waals surface area contributed by atoms with Gasteiger partial charge in [-0.1, -0.05) is 23.4 Å². The molecule has 2 aromatic heterocycles. The Bertz CT molecular complexity index is 1110. The lowest BCUT2D eigenvalue weighted by atomic mass is 10.3. The number of rotatable bonds is 6. The Morgan fingerprint density at radius 2 is 1.83 bits per heavy atom. The Hall–Kier alpha value is -2.34. The molecule has 0 bridgehead atoms. The number of amides is 1. The molecule has 0 saturated carbocycles.